The van der Waals surface area contributed by atoms with E-state index in [-0.39, 0.29) is 18.4 Å². The lowest BCUT2D eigenvalue weighted by atomic mass is 10.0. The van der Waals surface area contributed by atoms with E-state index >= 15 is 0 Å². The molecule has 146 valence electrons. The van der Waals surface area contributed by atoms with Crippen LogP contribution in [0.25, 0.3) is 10.8 Å². The lowest BCUT2D eigenvalue weighted by Crippen LogP contribution is -2.34. The van der Waals surface area contributed by atoms with Crippen molar-refractivity contribution in [2.24, 2.45) is 0 Å². The third-order valence-corrected chi connectivity index (χ3v) is 4.87. The Balaban J connectivity index is 1.22. The van der Waals surface area contributed by atoms with Gasteiger partial charge in [0.05, 0.1) is 18.7 Å². The molecule has 1 fully saturated rings. The van der Waals surface area contributed by atoms with Crippen molar-refractivity contribution in [3.05, 3.63) is 65.5 Å². The number of amides is 1. The topological polar surface area (TPSA) is 73.6 Å². The lowest BCUT2D eigenvalue weighted by molar-refractivity contribution is -0.121. The zero-order valence-corrected chi connectivity index (χ0v) is 15.7. The minimum atomic E-state index is -0.0912. The highest BCUT2D eigenvalue weighted by Gasteiger charge is 2.17. The fourth-order valence-corrected chi connectivity index (χ4v) is 3.36. The van der Waals surface area contributed by atoms with Gasteiger partial charge in [0.25, 0.3) is 0 Å². The first kappa shape index (κ1) is 18.7. The van der Waals surface area contributed by atoms with Gasteiger partial charge in [-0.05, 0) is 29.2 Å². The largest absolute Gasteiger partial charge is 0.361 e. The van der Waals surface area contributed by atoms with Crippen molar-refractivity contribution in [3.63, 3.8) is 0 Å². The molecular weight excluding hydrogens is 356 g/mol. The minimum absolute atomic E-state index is 0.0630. The van der Waals surface area contributed by atoms with E-state index in [1.165, 1.54) is 16.3 Å². The molecule has 0 radical (unpaired) electrons. The molecule has 28 heavy (non-hydrogen) atoms. The Hall–Kier alpha value is -2.70. The van der Waals surface area contributed by atoms with Crippen molar-refractivity contribution >= 4 is 16.7 Å². The molecule has 4 rings (SSSR count). The van der Waals surface area contributed by atoms with Crippen molar-refractivity contribution in [1.29, 1.82) is 0 Å². The first-order valence-corrected chi connectivity index (χ1v) is 9.64. The molecule has 6 heteroatoms. The molecule has 3 aromatic rings. The maximum atomic E-state index is 12.0. The third kappa shape index (κ3) is 4.97. The quantitative estimate of drug-likeness (QED) is 0.650. The summed E-state index contributed by atoms with van der Waals surface area (Å²) in [5.74, 6) is 0.725. The summed E-state index contributed by atoms with van der Waals surface area (Å²) in [6.07, 6.45) is 2.89. The monoisotopic (exact) mass is 380 g/mol. The number of carbonyl (C=O) groups is 1. The third-order valence-electron chi connectivity index (χ3n) is 4.87. The van der Waals surface area contributed by atoms with Crippen molar-refractivity contribution in [2.75, 3.05) is 19.9 Å². The van der Waals surface area contributed by atoms with Crippen LogP contribution in [0.1, 0.15) is 23.4 Å². The average molecular weight is 380 g/mol. The van der Waals surface area contributed by atoms with Crippen molar-refractivity contribution in [3.8, 4) is 0 Å². The van der Waals surface area contributed by atoms with Gasteiger partial charge in [-0.25, -0.2) is 0 Å². The van der Waals surface area contributed by atoms with Gasteiger partial charge in [0, 0.05) is 19.0 Å². The molecule has 1 atom stereocenters. The Morgan fingerprint density at radius 2 is 2.00 bits per heavy atom. The number of nitrogens with one attached hydrogen (secondary N) is 1. The minimum Gasteiger partial charge on any atom is -0.361 e. The van der Waals surface area contributed by atoms with Crippen LogP contribution < -0.4 is 5.32 Å². The molecule has 0 bridgehead atoms. The first-order valence-electron chi connectivity index (χ1n) is 9.64. The predicted molar refractivity (Wildman–Crippen MR) is 105 cm³/mol. The molecule has 1 aromatic heterocycles. The van der Waals surface area contributed by atoms with E-state index in [2.05, 4.69) is 52.9 Å². The van der Waals surface area contributed by atoms with Crippen LogP contribution >= 0.6 is 0 Å². The van der Waals surface area contributed by atoms with Gasteiger partial charge in [-0.3, -0.25) is 4.79 Å². The molecule has 2 aromatic carbocycles. The first-order chi connectivity index (χ1) is 13.8. The summed E-state index contributed by atoms with van der Waals surface area (Å²) in [6.45, 7) is 1.27. The molecular formula is C22H24N2O4. The van der Waals surface area contributed by atoms with E-state index in [1.807, 2.05) is 6.07 Å². The zero-order chi connectivity index (χ0) is 19.2. The number of aryl methyl sites for hydroxylation is 2. The molecule has 1 amide bonds. The second-order valence-electron chi connectivity index (χ2n) is 7.08. The van der Waals surface area contributed by atoms with Gasteiger partial charge in [-0.15, -0.1) is 0 Å². The fraction of sp³-hybridized carbons (Fsp3) is 0.364. The number of fused-ring (bicyclic) bond motifs is 1. The summed E-state index contributed by atoms with van der Waals surface area (Å²) in [4.78, 5) is 12.0. The van der Waals surface area contributed by atoms with Crippen LogP contribution in [-0.4, -0.2) is 37.1 Å². The van der Waals surface area contributed by atoms with E-state index in [4.69, 9.17) is 14.0 Å². The molecule has 1 aliphatic rings. The standard InChI is InChI=1S/C22H24N2O4/c25-22(23-13-21-14-26-15-27-21)12-19-11-20(28-24-19)7-3-4-16-8-9-17-5-1-2-6-18(17)10-16/h1-2,5-6,8-11,21H,3-4,7,12-15H2,(H,23,25). The lowest BCUT2D eigenvalue weighted by Gasteiger charge is -2.08. The Morgan fingerprint density at radius 1 is 1.11 bits per heavy atom. The van der Waals surface area contributed by atoms with Gasteiger partial charge in [-0.1, -0.05) is 47.6 Å². The van der Waals surface area contributed by atoms with E-state index in [0.717, 1.165) is 25.0 Å². The Kier molecular flexibility index (Phi) is 5.99. The molecule has 6 nitrogen and oxygen atoms in total. The summed E-state index contributed by atoms with van der Waals surface area (Å²) >= 11 is 0. The highest BCUT2D eigenvalue weighted by Crippen LogP contribution is 2.17. The molecule has 2 heterocycles. The van der Waals surface area contributed by atoms with Crippen LogP contribution in [-0.2, 0) is 33.5 Å². The van der Waals surface area contributed by atoms with Gasteiger partial charge < -0.3 is 19.3 Å². The van der Waals surface area contributed by atoms with E-state index in [9.17, 15) is 4.79 Å². The smallest absolute Gasteiger partial charge is 0.226 e. The number of benzene rings is 2. The predicted octanol–water partition coefficient (Wildman–Crippen LogP) is 3.03. The van der Waals surface area contributed by atoms with Gasteiger partial charge in [-0.2, -0.15) is 0 Å². The van der Waals surface area contributed by atoms with Crippen molar-refractivity contribution in [1.82, 2.24) is 10.5 Å². The SMILES string of the molecule is O=C(Cc1cc(CCCc2ccc3ccccc3c2)on1)NCC1COCO1. The van der Waals surface area contributed by atoms with Crippen LogP contribution in [0.4, 0.5) is 0 Å². The molecule has 0 aliphatic carbocycles. The van der Waals surface area contributed by atoms with Crippen LogP contribution in [0, 0.1) is 0 Å². The van der Waals surface area contributed by atoms with Crippen molar-refractivity contribution < 1.29 is 18.8 Å². The number of nitrogens with zero attached hydrogens (tertiary/aromatic N) is 1. The Bertz CT molecular complexity index is 931. The summed E-state index contributed by atoms with van der Waals surface area (Å²) in [7, 11) is 0. The number of hydrogen-bond acceptors (Lipinski definition) is 5. The molecule has 1 unspecified atom stereocenters. The van der Waals surface area contributed by atoms with Gasteiger partial charge >= 0.3 is 0 Å². The van der Waals surface area contributed by atoms with Crippen LogP contribution in [0.15, 0.2) is 53.1 Å². The molecule has 0 saturated carbocycles. The van der Waals surface area contributed by atoms with Gasteiger partial charge in [0.2, 0.25) is 5.91 Å². The highest BCUT2D eigenvalue weighted by atomic mass is 16.7. The van der Waals surface area contributed by atoms with Crippen LogP contribution in [0.3, 0.4) is 0 Å². The number of ether oxygens (including phenoxy) is 2. The maximum absolute atomic E-state index is 12.0. The van der Waals surface area contributed by atoms with E-state index in [0.29, 0.717) is 25.6 Å². The molecule has 1 aliphatic heterocycles. The second-order valence-corrected chi connectivity index (χ2v) is 7.08. The zero-order valence-electron chi connectivity index (χ0n) is 15.7. The number of rotatable bonds is 8. The summed E-state index contributed by atoms with van der Waals surface area (Å²) in [6, 6.07) is 16.8. The maximum Gasteiger partial charge on any atom is 0.226 e. The van der Waals surface area contributed by atoms with Crippen LogP contribution in [0.5, 0.6) is 0 Å². The summed E-state index contributed by atoms with van der Waals surface area (Å²) < 4.78 is 15.8. The van der Waals surface area contributed by atoms with Gasteiger partial charge in [0.1, 0.15) is 18.7 Å². The molecule has 1 N–H and O–H groups in total. The van der Waals surface area contributed by atoms with E-state index < -0.39 is 0 Å². The Morgan fingerprint density at radius 3 is 2.86 bits per heavy atom. The van der Waals surface area contributed by atoms with Crippen LogP contribution in [0.2, 0.25) is 0 Å². The van der Waals surface area contributed by atoms with Gasteiger partial charge in [0.15, 0.2) is 0 Å². The number of carbonyl (C=O) groups excluding carboxylic acids is 1. The average Bonchev–Trinajstić information content (AvgIpc) is 3.38. The fourth-order valence-electron chi connectivity index (χ4n) is 3.36. The van der Waals surface area contributed by atoms with Crippen molar-refractivity contribution in [2.45, 2.75) is 31.8 Å². The highest BCUT2D eigenvalue weighted by molar-refractivity contribution is 5.83. The number of hydrogen-bond donors (Lipinski definition) is 1. The molecule has 0 spiro atoms. The Labute approximate surface area is 163 Å². The normalized spacial score (nSPS) is 16.5. The molecule has 1 saturated heterocycles. The van der Waals surface area contributed by atoms with E-state index in [1.54, 1.807) is 0 Å². The number of aromatic nitrogens is 1. The summed E-state index contributed by atoms with van der Waals surface area (Å²) in [5, 5.41) is 9.37. The second kappa shape index (κ2) is 8.99. The summed E-state index contributed by atoms with van der Waals surface area (Å²) in [5.41, 5.74) is 1.97.